The molecule has 0 saturated carbocycles. The highest BCUT2D eigenvalue weighted by atomic mass is 14.7. The fourth-order valence-electron chi connectivity index (χ4n) is 4.06. The van der Waals surface area contributed by atoms with Crippen molar-refractivity contribution in [3.05, 3.63) is 70.1 Å². The summed E-state index contributed by atoms with van der Waals surface area (Å²) in [5, 5.41) is 5.09. The second-order valence-electron chi connectivity index (χ2n) is 6.18. The SMILES string of the molecule is C1=NC=c2c1c1c(c3[nH]c4ccccc4c23)=Cc2ccccc2-1. The van der Waals surface area contributed by atoms with Crippen molar-refractivity contribution >= 4 is 40.3 Å². The van der Waals surface area contributed by atoms with Crippen molar-refractivity contribution in [3.63, 3.8) is 0 Å². The van der Waals surface area contributed by atoms with Crippen LogP contribution >= 0.6 is 0 Å². The molecule has 0 atom stereocenters. The lowest BCUT2D eigenvalue weighted by molar-refractivity contribution is 1.51. The molecule has 1 aromatic heterocycles. The van der Waals surface area contributed by atoms with E-state index in [-0.39, 0.29) is 0 Å². The van der Waals surface area contributed by atoms with Gasteiger partial charge in [-0.15, -0.1) is 0 Å². The molecule has 106 valence electrons. The maximum absolute atomic E-state index is 4.46. The van der Waals surface area contributed by atoms with Crippen LogP contribution in [0, 0.1) is 0 Å². The number of aliphatic imine (C=N–C) groups is 1. The number of aromatic amines is 1. The maximum atomic E-state index is 4.46. The molecule has 1 N–H and O–H groups in total. The summed E-state index contributed by atoms with van der Waals surface area (Å²) in [6.07, 6.45) is 6.30. The number of hydrogen-bond acceptors (Lipinski definition) is 1. The van der Waals surface area contributed by atoms with Crippen LogP contribution in [0.5, 0.6) is 0 Å². The summed E-state index contributed by atoms with van der Waals surface area (Å²) in [4.78, 5) is 8.10. The van der Waals surface area contributed by atoms with Gasteiger partial charge in [-0.3, -0.25) is 4.99 Å². The van der Waals surface area contributed by atoms with Gasteiger partial charge in [0.1, 0.15) is 0 Å². The molecule has 4 aromatic rings. The Hall–Kier alpha value is -3.13. The van der Waals surface area contributed by atoms with Gasteiger partial charge in [0.05, 0.1) is 5.52 Å². The molecule has 0 unspecified atom stereocenters. The average molecular weight is 292 g/mol. The molecule has 2 heteroatoms. The third-order valence-electron chi connectivity index (χ3n) is 5.01. The molecule has 0 amide bonds. The van der Waals surface area contributed by atoms with Gasteiger partial charge in [-0.1, -0.05) is 42.5 Å². The van der Waals surface area contributed by atoms with Crippen LogP contribution in [0.15, 0.2) is 53.5 Å². The molecule has 0 saturated heterocycles. The molecule has 0 spiro atoms. The van der Waals surface area contributed by atoms with E-state index in [9.17, 15) is 0 Å². The lowest BCUT2D eigenvalue weighted by Crippen LogP contribution is -2.17. The maximum Gasteiger partial charge on any atom is 0.0552 e. The molecular weight excluding hydrogens is 280 g/mol. The van der Waals surface area contributed by atoms with Gasteiger partial charge < -0.3 is 4.98 Å². The van der Waals surface area contributed by atoms with Crippen molar-refractivity contribution in [1.29, 1.82) is 0 Å². The number of para-hydroxylation sites is 1. The molecule has 1 aliphatic heterocycles. The first-order chi connectivity index (χ1) is 11.4. The van der Waals surface area contributed by atoms with Crippen LogP contribution < -0.4 is 10.4 Å². The molecule has 6 rings (SSSR count). The van der Waals surface area contributed by atoms with E-state index in [4.69, 9.17) is 0 Å². The quantitative estimate of drug-likeness (QED) is 0.454. The largest absolute Gasteiger partial charge is 0.354 e. The van der Waals surface area contributed by atoms with Crippen LogP contribution in [-0.2, 0) is 0 Å². The van der Waals surface area contributed by atoms with E-state index >= 15 is 0 Å². The lowest BCUT2D eigenvalue weighted by Gasteiger charge is -2.06. The van der Waals surface area contributed by atoms with E-state index in [1.807, 2.05) is 12.4 Å². The smallest absolute Gasteiger partial charge is 0.0552 e. The number of rotatable bonds is 0. The summed E-state index contributed by atoms with van der Waals surface area (Å²) in [5.41, 5.74) is 7.56. The van der Waals surface area contributed by atoms with E-state index < -0.39 is 0 Å². The van der Waals surface area contributed by atoms with E-state index in [0.717, 1.165) is 0 Å². The van der Waals surface area contributed by atoms with Crippen molar-refractivity contribution in [2.24, 2.45) is 4.99 Å². The Morgan fingerprint density at radius 1 is 0.870 bits per heavy atom. The van der Waals surface area contributed by atoms with Crippen LogP contribution in [0.4, 0.5) is 0 Å². The Morgan fingerprint density at radius 2 is 1.74 bits per heavy atom. The summed E-state index contributed by atoms with van der Waals surface area (Å²) in [6.45, 7) is 0. The number of nitrogens with one attached hydrogen (secondary N) is 1. The normalized spacial score (nSPS) is 13.7. The number of aromatic nitrogens is 1. The van der Waals surface area contributed by atoms with E-state index in [0.29, 0.717) is 0 Å². The van der Waals surface area contributed by atoms with Crippen molar-refractivity contribution < 1.29 is 0 Å². The number of hydrogen-bond donors (Lipinski definition) is 1. The van der Waals surface area contributed by atoms with E-state index in [1.165, 1.54) is 54.5 Å². The molecule has 23 heavy (non-hydrogen) atoms. The summed E-state index contributed by atoms with van der Waals surface area (Å²) >= 11 is 0. The van der Waals surface area contributed by atoms with E-state index in [1.54, 1.807) is 0 Å². The molecular formula is C21H12N2. The number of H-pyrrole nitrogens is 1. The first-order valence-corrected chi connectivity index (χ1v) is 7.83. The minimum atomic E-state index is 1.18. The number of fused-ring (bicyclic) bond motifs is 10. The first kappa shape index (κ1) is 11.4. The topological polar surface area (TPSA) is 28.1 Å². The summed E-state index contributed by atoms with van der Waals surface area (Å²) < 4.78 is 0. The number of nitrogens with zero attached hydrogens (tertiary/aromatic N) is 1. The third kappa shape index (κ3) is 1.28. The monoisotopic (exact) mass is 292 g/mol. The summed E-state index contributed by atoms with van der Waals surface area (Å²) in [5.74, 6) is 0. The molecule has 3 aromatic carbocycles. The van der Waals surface area contributed by atoms with Crippen LogP contribution in [-0.4, -0.2) is 11.2 Å². The fourth-order valence-corrected chi connectivity index (χ4v) is 4.06. The zero-order chi connectivity index (χ0) is 15.0. The molecule has 0 fully saturated rings. The van der Waals surface area contributed by atoms with Gasteiger partial charge in [-0.05, 0) is 23.3 Å². The molecule has 2 heterocycles. The standard InChI is InChI=1S/C21H12N2/c1-2-6-13-12(5-1)9-15-19(13)16-10-22-11-17(16)20-14-7-3-4-8-18(14)23-21(15)20/h1-11,23H. The summed E-state index contributed by atoms with van der Waals surface area (Å²) in [6, 6.07) is 17.1. The minimum absolute atomic E-state index is 1.18. The third-order valence-corrected chi connectivity index (χ3v) is 5.01. The van der Waals surface area contributed by atoms with Gasteiger partial charge in [0, 0.05) is 50.3 Å². The van der Waals surface area contributed by atoms with Crippen molar-refractivity contribution in [2.75, 3.05) is 0 Å². The summed E-state index contributed by atoms with van der Waals surface area (Å²) in [7, 11) is 0. The highest BCUT2D eigenvalue weighted by molar-refractivity contribution is 6.14. The highest BCUT2D eigenvalue weighted by Crippen LogP contribution is 2.32. The van der Waals surface area contributed by atoms with E-state index in [2.05, 4.69) is 64.6 Å². The Balaban J connectivity index is 1.98. The van der Waals surface area contributed by atoms with Crippen LogP contribution in [0.2, 0.25) is 0 Å². The fraction of sp³-hybridized carbons (Fsp3) is 0. The predicted octanol–water partition coefficient (Wildman–Crippen LogP) is 3.30. The Bertz CT molecular complexity index is 1300. The predicted molar refractivity (Wildman–Crippen MR) is 96.1 cm³/mol. The van der Waals surface area contributed by atoms with Gasteiger partial charge in [-0.25, -0.2) is 0 Å². The lowest BCUT2D eigenvalue weighted by atomic mass is 9.96. The van der Waals surface area contributed by atoms with Crippen molar-refractivity contribution in [1.82, 2.24) is 4.98 Å². The zero-order valence-corrected chi connectivity index (χ0v) is 12.3. The van der Waals surface area contributed by atoms with Gasteiger partial charge >= 0.3 is 0 Å². The van der Waals surface area contributed by atoms with Crippen molar-refractivity contribution in [2.45, 2.75) is 0 Å². The molecule has 1 aliphatic carbocycles. The van der Waals surface area contributed by atoms with Gasteiger partial charge in [-0.2, -0.15) is 0 Å². The van der Waals surface area contributed by atoms with Gasteiger partial charge in [0.2, 0.25) is 0 Å². The second-order valence-corrected chi connectivity index (χ2v) is 6.18. The molecule has 0 bridgehead atoms. The minimum Gasteiger partial charge on any atom is -0.354 e. The van der Waals surface area contributed by atoms with Gasteiger partial charge in [0.25, 0.3) is 0 Å². The van der Waals surface area contributed by atoms with Crippen LogP contribution in [0.3, 0.4) is 0 Å². The van der Waals surface area contributed by atoms with Crippen molar-refractivity contribution in [3.8, 4) is 11.1 Å². The average Bonchev–Trinajstić information content (AvgIpc) is 3.28. The Labute approximate surface area is 132 Å². The Kier molecular flexibility index (Phi) is 1.89. The second kappa shape index (κ2) is 3.79. The van der Waals surface area contributed by atoms with Crippen LogP contribution in [0.25, 0.3) is 45.2 Å². The molecule has 0 radical (unpaired) electrons. The molecule has 2 aliphatic rings. The highest BCUT2D eigenvalue weighted by Gasteiger charge is 2.22. The van der Waals surface area contributed by atoms with Crippen LogP contribution in [0.1, 0.15) is 11.1 Å². The number of benzene rings is 3. The Morgan fingerprint density at radius 3 is 2.74 bits per heavy atom. The molecule has 2 nitrogen and oxygen atoms in total. The first-order valence-electron chi connectivity index (χ1n) is 7.83. The zero-order valence-electron chi connectivity index (χ0n) is 12.3. The van der Waals surface area contributed by atoms with Gasteiger partial charge in [0.15, 0.2) is 0 Å².